The number of hydrogen-bond acceptors (Lipinski definition) is 17. The average molecular weight is 951 g/mol. The zero-order chi connectivity index (χ0) is 47.6. The van der Waals surface area contributed by atoms with Crippen molar-refractivity contribution in [2.24, 2.45) is 71.0 Å². The average Bonchev–Trinajstić information content (AvgIpc) is 3.76. The summed E-state index contributed by atoms with van der Waals surface area (Å²) in [6, 6.07) is 0. The smallest absolute Gasteiger partial charge is 0.311 e. The first-order valence-electron chi connectivity index (χ1n) is 25.4. The number of carboxylic acid groups (broad SMARTS) is 1. The van der Waals surface area contributed by atoms with Crippen molar-refractivity contribution in [3.63, 3.8) is 0 Å². The molecule has 12 aliphatic heterocycles. The summed E-state index contributed by atoms with van der Waals surface area (Å²) in [5, 5.41) is 19.0. The third kappa shape index (κ3) is 7.74. The number of carbonyl (C=O) groups is 3. The molecular formula is C49H74O18. The first-order chi connectivity index (χ1) is 31.7. The first kappa shape index (κ1) is 48.6. The van der Waals surface area contributed by atoms with E-state index in [1.54, 1.807) is 0 Å². The Kier molecular flexibility index (Phi) is 12.5. The zero-order valence-electron chi connectivity index (χ0n) is 40.6. The summed E-state index contributed by atoms with van der Waals surface area (Å²) in [4.78, 5) is 69.8. The van der Waals surface area contributed by atoms with Gasteiger partial charge in [0.15, 0.2) is 35.7 Å². The number of aliphatic carboxylic acids is 1. The minimum absolute atomic E-state index is 0.0379. The van der Waals surface area contributed by atoms with Crippen molar-refractivity contribution in [3.05, 3.63) is 0 Å². The zero-order valence-corrected chi connectivity index (χ0v) is 40.6. The van der Waals surface area contributed by atoms with Gasteiger partial charge in [-0.2, -0.15) is 0 Å². The molecule has 378 valence electrons. The Labute approximate surface area is 393 Å². The van der Waals surface area contributed by atoms with Crippen LogP contribution in [0.2, 0.25) is 0 Å². The molecule has 15 fully saturated rings. The number of ether oxygens (including phenoxy) is 7. The van der Waals surface area contributed by atoms with Gasteiger partial charge in [0.25, 0.3) is 0 Å². The molecule has 6 bridgehead atoms. The predicted octanol–water partition coefficient (Wildman–Crippen LogP) is 7.18. The fourth-order valence-corrected chi connectivity index (χ4v) is 15.1. The summed E-state index contributed by atoms with van der Waals surface area (Å²) < 4.78 is 41.2. The van der Waals surface area contributed by atoms with Gasteiger partial charge in [-0.3, -0.25) is 14.4 Å². The molecule has 18 nitrogen and oxygen atoms in total. The molecule has 0 aromatic carbocycles. The molecule has 15 rings (SSSR count). The van der Waals surface area contributed by atoms with Crippen LogP contribution in [0.25, 0.3) is 0 Å². The lowest BCUT2D eigenvalue weighted by Gasteiger charge is -2.59. The quantitative estimate of drug-likeness (QED) is 0.211. The van der Waals surface area contributed by atoms with Crippen molar-refractivity contribution in [3.8, 4) is 0 Å². The number of rotatable bonds is 4. The van der Waals surface area contributed by atoms with Crippen LogP contribution in [-0.2, 0) is 76.9 Å². The van der Waals surface area contributed by atoms with Gasteiger partial charge in [0.05, 0.1) is 18.8 Å². The maximum Gasteiger partial charge on any atom is 0.311 e. The van der Waals surface area contributed by atoms with Crippen molar-refractivity contribution in [2.75, 3.05) is 0 Å². The monoisotopic (exact) mass is 950 g/mol. The maximum absolute atomic E-state index is 12.1. The third-order valence-electron chi connectivity index (χ3n) is 19.0. The van der Waals surface area contributed by atoms with Crippen LogP contribution in [0.3, 0.4) is 0 Å². The third-order valence-corrected chi connectivity index (χ3v) is 19.0. The largest absolute Gasteiger partial charge is 0.481 e. The minimum atomic E-state index is -1.03. The molecule has 0 radical (unpaired) electrons. The number of hydrogen-bond donors (Lipinski definition) is 2. The SMILES string of the molecule is C[C@@H]1CC[C@H]2[C@@H](C)C(=O)O[C@@H]3O[C@@]4(C)CC[C@@H]1[C@]32OO4.C[C@@H]1CC[C@H]2[C@@H](C)C(O)O[C@@H]3O[C@@]4(C)CC[C@@H]1[C@]32OO4.C[C@@H]1CC[C@H]2[C@@H](C)C(OC(=O)CCC(=O)O)O[C@@H]3O[C@@]4(C)CC[C@@H]1[C@]32OO4. The maximum atomic E-state index is 12.1. The molecular weight excluding hydrogens is 877 g/mol. The highest BCUT2D eigenvalue weighted by molar-refractivity contribution is 5.76. The Hall–Kier alpha value is -2.07. The van der Waals surface area contributed by atoms with E-state index in [2.05, 4.69) is 20.8 Å². The van der Waals surface area contributed by atoms with E-state index in [0.717, 1.165) is 64.2 Å². The number of aliphatic hydroxyl groups is 1. The molecule has 2 N–H and O–H groups in total. The van der Waals surface area contributed by atoms with Gasteiger partial charge in [0.2, 0.25) is 29.9 Å². The van der Waals surface area contributed by atoms with E-state index in [9.17, 15) is 19.5 Å². The van der Waals surface area contributed by atoms with E-state index >= 15 is 0 Å². The minimum Gasteiger partial charge on any atom is -0.481 e. The highest BCUT2D eigenvalue weighted by Crippen LogP contribution is 2.63. The van der Waals surface area contributed by atoms with E-state index in [1.807, 2.05) is 41.5 Å². The van der Waals surface area contributed by atoms with Crippen LogP contribution in [0.15, 0.2) is 0 Å². The summed E-state index contributed by atoms with van der Waals surface area (Å²) in [6.45, 7) is 18.3. The molecule has 12 heterocycles. The summed E-state index contributed by atoms with van der Waals surface area (Å²) in [7, 11) is 0. The lowest BCUT2D eigenvalue weighted by molar-refractivity contribution is -0.576. The second-order valence-corrected chi connectivity index (χ2v) is 23.1. The lowest BCUT2D eigenvalue weighted by Crippen LogP contribution is -2.70. The second-order valence-electron chi connectivity index (χ2n) is 23.1. The standard InChI is InChI=1S/C19H28O8.C15H24O5.C15H22O5/c1-10-4-5-13-11(2)16(23-15(22)7-6-14(20)21)24-17-19(13)12(10)8-9-18(3,25-17)26-27-19;2*1-8-4-5-11-9(2)12(16)17-13-15(11)10(8)6-7-14(3,18-13)19-20-15/h10-13,16-17H,4-9H2,1-3H3,(H,20,21);8-13,16H,4-7H2,1-3H3;8-11,13H,4-7H2,1-3H3/t10-,11-,12+,13+,16?,17-,18-,19-;8-,9-,10+,11+,12?,13-,14-,15-;8-,9-,10+,11+,13-,14-,15-/m111/s1. The topological polar surface area (TPSA) is 212 Å². The van der Waals surface area contributed by atoms with E-state index in [0.29, 0.717) is 36.0 Å². The van der Waals surface area contributed by atoms with Crippen LogP contribution in [0, 0.1) is 71.0 Å². The summed E-state index contributed by atoms with van der Waals surface area (Å²) >= 11 is 0. The normalized spacial score (nSPS) is 55.2. The van der Waals surface area contributed by atoms with Crippen LogP contribution < -0.4 is 0 Å². The van der Waals surface area contributed by atoms with E-state index < -0.39 is 77.6 Å². The van der Waals surface area contributed by atoms with Crippen LogP contribution in [0.5, 0.6) is 0 Å². The molecule has 3 spiro atoms. The summed E-state index contributed by atoms with van der Waals surface area (Å²) in [5.74, 6) is -1.52. The summed E-state index contributed by atoms with van der Waals surface area (Å²) in [5.41, 5.74) is -1.86. The Bertz CT molecular complexity index is 1900. The van der Waals surface area contributed by atoms with Gasteiger partial charge in [0, 0.05) is 54.8 Å². The van der Waals surface area contributed by atoms with Gasteiger partial charge in [-0.15, -0.1) is 0 Å². The Morgan fingerprint density at radius 1 is 0.552 bits per heavy atom. The molecule has 12 saturated heterocycles. The van der Waals surface area contributed by atoms with Crippen LogP contribution in [0.1, 0.15) is 152 Å². The second kappa shape index (κ2) is 17.3. The van der Waals surface area contributed by atoms with E-state index in [4.69, 9.17) is 67.6 Å². The molecule has 2 unspecified atom stereocenters. The molecule has 0 aromatic rings. The van der Waals surface area contributed by atoms with Crippen molar-refractivity contribution >= 4 is 17.9 Å². The molecule has 18 heteroatoms. The number of fused-ring (bicyclic) bond motifs is 6. The Morgan fingerprint density at radius 2 is 0.985 bits per heavy atom. The number of carboxylic acids is 1. The van der Waals surface area contributed by atoms with Crippen molar-refractivity contribution in [1.82, 2.24) is 0 Å². The number of carbonyl (C=O) groups excluding carboxylic acids is 2. The van der Waals surface area contributed by atoms with Crippen molar-refractivity contribution in [1.29, 1.82) is 0 Å². The van der Waals surface area contributed by atoms with Gasteiger partial charge in [-0.1, -0.05) is 41.5 Å². The lowest BCUT2D eigenvalue weighted by atomic mass is 9.58. The first-order valence-corrected chi connectivity index (χ1v) is 25.4. The fraction of sp³-hybridized carbons (Fsp3) is 0.939. The highest BCUT2D eigenvalue weighted by Gasteiger charge is 2.73. The molecule has 23 atom stereocenters. The van der Waals surface area contributed by atoms with Crippen LogP contribution >= 0.6 is 0 Å². The van der Waals surface area contributed by atoms with Crippen LogP contribution in [0.4, 0.5) is 0 Å². The Balaban J connectivity index is 0.000000119. The molecule has 15 aliphatic rings. The molecule has 0 aromatic heterocycles. The molecule has 0 amide bonds. The van der Waals surface area contributed by atoms with E-state index in [-0.39, 0.29) is 60.2 Å². The predicted molar refractivity (Wildman–Crippen MR) is 227 cm³/mol. The van der Waals surface area contributed by atoms with Gasteiger partial charge >= 0.3 is 17.9 Å². The van der Waals surface area contributed by atoms with Gasteiger partial charge in [-0.25, -0.2) is 29.3 Å². The number of esters is 2. The van der Waals surface area contributed by atoms with E-state index in [1.165, 1.54) is 6.42 Å². The molecule has 3 aliphatic carbocycles. The van der Waals surface area contributed by atoms with Gasteiger partial charge < -0.3 is 43.4 Å². The fourth-order valence-electron chi connectivity index (χ4n) is 15.1. The van der Waals surface area contributed by atoms with Crippen molar-refractivity contribution < 1.29 is 87.1 Å². The van der Waals surface area contributed by atoms with Gasteiger partial charge in [0.1, 0.15) is 0 Å². The highest BCUT2D eigenvalue weighted by atomic mass is 17.3. The van der Waals surface area contributed by atoms with Gasteiger partial charge in [-0.05, 0) is 108 Å². The summed E-state index contributed by atoms with van der Waals surface area (Å²) in [6.07, 6.45) is 7.69. The molecule has 67 heavy (non-hydrogen) atoms. The number of aliphatic hydroxyl groups excluding tert-OH is 1. The van der Waals surface area contributed by atoms with Crippen molar-refractivity contribution in [2.45, 2.75) is 218 Å². The van der Waals surface area contributed by atoms with Crippen LogP contribution in [-0.4, -0.2) is 93.7 Å². The molecule has 3 saturated carbocycles. The Morgan fingerprint density at radius 3 is 1.48 bits per heavy atom.